The molecule has 0 saturated carbocycles. The van der Waals surface area contributed by atoms with Gasteiger partial charge < -0.3 is 20.9 Å². The number of nitrogens with one attached hydrogen (secondary N) is 1. The SMILES string of the molecule is CC(C)(C)C[C@@]1(c2ccc(Cl)cc2F)CN[C@@H](C(=O)OC[C@@H](O)CC(N)=O)[C@@H]1c1cccc(Cl)c1. The fraction of sp³-hybridized carbons (Fsp3) is 0.462. The second-order valence-corrected chi connectivity index (χ2v) is 11.2. The molecule has 2 aromatic carbocycles. The third kappa shape index (κ3) is 6.53. The van der Waals surface area contributed by atoms with E-state index in [2.05, 4.69) is 26.1 Å². The molecule has 9 heteroatoms. The summed E-state index contributed by atoms with van der Waals surface area (Å²) < 4.78 is 20.8. The van der Waals surface area contributed by atoms with Gasteiger partial charge in [-0.05, 0) is 47.2 Å². The lowest BCUT2D eigenvalue weighted by molar-refractivity contribution is -0.150. The number of rotatable bonds is 8. The van der Waals surface area contributed by atoms with Crippen molar-refractivity contribution in [3.05, 3.63) is 69.5 Å². The molecule has 0 aliphatic carbocycles. The van der Waals surface area contributed by atoms with Crippen LogP contribution in [0.25, 0.3) is 0 Å². The molecule has 0 aromatic heterocycles. The van der Waals surface area contributed by atoms with Crippen molar-refractivity contribution in [2.75, 3.05) is 13.2 Å². The molecule has 0 unspecified atom stereocenters. The largest absolute Gasteiger partial charge is 0.462 e. The molecule has 1 aliphatic heterocycles. The van der Waals surface area contributed by atoms with Crippen molar-refractivity contribution in [1.82, 2.24) is 5.32 Å². The lowest BCUT2D eigenvalue weighted by atomic mass is 9.61. The number of ether oxygens (including phenoxy) is 1. The molecule has 1 amide bonds. The molecule has 1 aliphatic rings. The highest BCUT2D eigenvalue weighted by Crippen LogP contribution is 2.52. The Labute approximate surface area is 214 Å². The maximum absolute atomic E-state index is 15.5. The van der Waals surface area contributed by atoms with E-state index >= 15 is 4.39 Å². The Kier molecular flexibility index (Phi) is 8.48. The highest BCUT2D eigenvalue weighted by molar-refractivity contribution is 6.30. The molecule has 35 heavy (non-hydrogen) atoms. The van der Waals surface area contributed by atoms with Crippen molar-refractivity contribution < 1.29 is 23.8 Å². The van der Waals surface area contributed by atoms with Gasteiger partial charge in [0.15, 0.2) is 0 Å². The van der Waals surface area contributed by atoms with Crippen LogP contribution in [0, 0.1) is 11.2 Å². The lowest BCUT2D eigenvalue weighted by Crippen LogP contribution is -2.42. The van der Waals surface area contributed by atoms with Gasteiger partial charge in [0.1, 0.15) is 18.5 Å². The Bertz CT molecular complexity index is 1090. The highest BCUT2D eigenvalue weighted by atomic mass is 35.5. The number of halogens is 3. The predicted octanol–water partition coefficient (Wildman–Crippen LogP) is 4.34. The quantitative estimate of drug-likeness (QED) is 0.445. The zero-order valence-electron chi connectivity index (χ0n) is 20.0. The molecule has 4 N–H and O–H groups in total. The van der Waals surface area contributed by atoms with Gasteiger partial charge in [0.25, 0.3) is 0 Å². The highest BCUT2D eigenvalue weighted by Gasteiger charge is 2.55. The minimum Gasteiger partial charge on any atom is -0.462 e. The number of amides is 1. The van der Waals surface area contributed by atoms with Crippen molar-refractivity contribution >= 4 is 35.1 Å². The number of benzene rings is 2. The summed E-state index contributed by atoms with van der Waals surface area (Å²) in [5, 5.41) is 14.0. The maximum Gasteiger partial charge on any atom is 0.323 e. The van der Waals surface area contributed by atoms with Crippen LogP contribution >= 0.6 is 23.2 Å². The summed E-state index contributed by atoms with van der Waals surface area (Å²) in [5.74, 6) is -2.33. The number of hydrogen-bond acceptors (Lipinski definition) is 5. The molecule has 0 spiro atoms. The number of aliphatic hydroxyl groups excluding tert-OH is 1. The number of hydrogen-bond donors (Lipinski definition) is 3. The summed E-state index contributed by atoms with van der Waals surface area (Å²) in [4.78, 5) is 24.3. The van der Waals surface area contributed by atoms with E-state index in [0.29, 0.717) is 23.6 Å². The Morgan fingerprint density at radius 2 is 1.91 bits per heavy atom. The van der Waals surface area contributed by atoms with Crippen LogP contribution < -0.4 is 11.1 Å². The average Bonchev–Trinajstić information content (AvgIpc) is 3.09. The van der Waals surface area contributed by atoms with Crippen LogP contribution in [0.2, 0.25) is 10.0 Å². The third-order valence-corrected chi connectivity index (χ3v) is 6.67. The molecule has 0 radical (unpaired) electrons. The zero-order chi connectivity index (χ0) is 26.0. The first-order valence-corrected chi connectivity index (χ1v) is 12.2. The molecule has 0 bridgehead atoms. The molecular formula is C26H31Cl2FN2O4. The summed E-state index contributed by atoms with van der Waals surface area (Å²) in [5.41, 5.74) is 5.23. The smallest absolute Gasteiger partial charge is 0.323 e. The minimum atomic E-state index is -1.21. The Morgan fingerprint density at radius 3 is 2.51 bits per heavy atom. The third-order valence-electron chi connectivity index (χ3n) is 6.20. The van der Waals surface area contributed by atoms with Crippen molar-refractivity contribution in [2.45, 2.75) is 57.1 Å². The van der Waals surface area contributed by atoms with E-state index in [4.69, 9.17) is 33.7 Å². The lowest BCUT2D eigenvalue weighted by Gasteiger charge is -2.41. The van der Waals surface area contributed by atoms with Gasteiger partial charge in [0.2, 0.25) is 5.91 Å². The average molecular weight is 525 g/mol. The second-order valence-electron chi connectivity index (χ2n) is 10.4. The van der Waals surface area contributed by atoms with E-state index < -0.39 is 41.2 Å². The van der Waals surface area contributed by atoms with Gasteiger partial charge in [0, 0.05) is 27.9 Å². The van der Waals surface area contributed by atoms with Crippen LogP contribution in [-0.4, -0.2) is 42.3 Å². The molecule has 3 rings (SSSR count). The first kappa shape index (κ1) is 27.4. The number of nitrogens with two attached hydrogens (primary N) is 1. The summed E-state index contributed by atoms with van der Waals surface area (Å²) in [6, 6.07) is 10.9. The molecular weight excluding hydrogens is 494 g/mol. The number of carbonyl (C=O) groups is 2. The van der Waals surface area contributed by atoms with Gasteiger partial charge in [-0.1, -0.05) is 62.2 Å². The zero-order valence-corrected chi connectivity index (χ0v) is 21.5. The molecule has 6 nitrogen and oxygen atoms in total. The molecule has 1 fully saturated rings. The summed E-state index contributed by atoms with van der Waals surface area (Å²) in [6.07, 6.45) is -1.00. The van der Waals surface area contributed by atoms with Crippen LogP contribution in [0.3, 0.4) is 0 Å². The fourth-order valence-corrected chi connectivity index (χ4v) is 5.56. The minimum absolute atomic E-state index is 0.235. The molecule has 1 heterocycles. The summed E-state index contributed by atoms with van der Waals surface area (Å²) in [6.45, 7) is 6.09. The van der Waals surface area contributed by atoms with E-state index in [-0.39, 0.29) is 23.5 Å². The number of primary amides is 1. The van der Waals surface area contributed by atoms with E-state index in [9.17, 15) is 14.7 Å². The van der Waals surface area contributed by atoms with E-state index in [1.807, 2.05) is 6.07 Å². The van der Waals surface area contributed by atoms with Crippen molar-refractivity contribution in [3.63, 3.8) is 0 Å². The van der Waals surface area contributed by atoms with Gasteiger partial charge in [-0.3, -0.25) is 9.59 Å². The standard InChI is InChI=1S/C26H31Cl2FN2O4/c1-25(2,3)13-26(19-8-7-17(28)10-20(19)29)14-31-23(22(26)15-5-4-6-16(27)9-15)24(34)35-12-18(32)11-21(30)33/h4-10,18,22-23,31-32H,11-14H2,1-3H3,(H2,30,33)/t18-,22-,23+,26-/m0/s1. The van der Waals surface area contributed by atoms with Gasteiger partial charge in [-0.25, -0.2) is 4.39 Å². The Morgan fingerprint density at radius 1 is 1.23 bits per heavy atom. The maximum atomic E-state index is 15.5. The number of carbonyl (C=O) groups excluding carboxylic acids is 2. The first-order chi connectivity index (χ1) is 16.3. The monoisotopic (exact) mass is 524 g/mol. The van der Waals surface area contributed by atoms with Gasteiger partial charge in [-0.15, -0.1) is 0 Å². The molecule has 1 saturated heterocycles. The van der Waals surface area contributed by atoms with Crippen LogP contribution in [0.5, 0.6) is 0 Å². The van der Waals surface area contributed by atoms with Crippen LogP contribution in [0.4, 0.5) is 4.39 Å². The van der Waals surface area contributed by atoms with Crippen molar-refractivity contribution in [3.8, 4) is 0 Å². The number of esters is 1. The normalized spacial score (nSPS) is 23.2. The fourth-order valence-electron chi connectivity index (χ4n) is 5.20. The van der Waals surface area contributed by atoms with E-state index in [0.717, 1.165) is 5.56 Å². The molecule has 190 valence electrons. The van der Waals surface area contributed by atoms with Gasteiger partial charge in [0.05, 0.1) is 12.5 Å². The number of aliphatic hydroxyl groups is 1. The summed E-state index contributed by atoms with van der Waals surface area (Å²) >= 11 is 12.4. The molecule has 2 aromatic rings. The van der Waals surface area contributed by atoms with Crippen LogP contribution in [-0.2, 0) is 19.7 Å². The van der Waals surface area contributed by atoms with Crippen LogP contribution in [0.15, 0.2) is 42.5 Å². The Balaban J connectivity index is 2.09. The Hall–Kier alpha value is -2.19. The summed E-state index contributed by atoms with van der Waals surface area (Å²) in [7, 11) is 0. The van der Waals surface area contributed by atoms with E-state index in [1.54, 1.807) is 30.3 Å². The van der Waals surface area contributed by atoms with Gasteiger partial charge in [-0.2, -0.15) is 0 Å². The van der Waals surface area contributed by atoms with Crippen LogP contribution in [0.1, 0.15) is 50.7 Å². The van der Waals surface area contributed by atoms with E-state index in [1.165, 1.54) is 6.07 Å². The van der Waals surface area contributed by atoms with Gasteiger partial charge >= 0.3 is 5.97 Å². The van der Waals surface area contributed by atoms with Crippen molar-refractivity contribution in [2.24, 2.45) is 11.1 Å². The topological polar surface area (TPSA) is 102 Å². The molecule has 4 atom stereocenters. The predicted molar refractivity (Wildman–Crippen MR) is 134 cm³/mol. The second kappa shape index (κ2) is 10.8. The van der Waals surface area contributed by atoms with Crippen molar-refractivity contribution in [1.29, 1.82) is 0 Å². The first-order valence-electron chi connectivity index (χ1n) is 11.4.